The molecule has 0 saturated heterocycles. The predicted molar refractivity (Wildman–Crippen MR) is 103 cm³/mol. The minimum atomic E-state index is -0.594. The fourth-order valence-electron chi connectivity index (χ4n) is 3.51. The number of hydrogen-bond donors (Lipinski definition) is 1. The Morgan fingerprint density at radius 3 is 2.62 bits per heavy atom. The number of fused-ring (bicyclic) bond motifs is 2. The van der Waals surface area contributed by atoms with Crippen LogP contribution in [0.2, 0.25) is 0 Å². The largest absolute Gasteiger partial charge is 0.490 e. The van der Waals surface area contributed by atoms with Gasteiger partial charge in [-0.3, -0.25) is 0 Å². The molecule has 0 spiro atoms. The minimum absolute atomic E-state index is 0.254. The molecule has 0 aliphatic rings. The van der Waals surface area contributed by atoms with Gasteiger partial charge in [0.1, 0.15) is 25.0 Å². The van der Waals surface area contributed by atoms with Crippen molar-refractivity contribution >= 4 is 21.8 Å². The SMILES string of the molecule is Cc1n(CC(O)COc2cccc3ccccc23)c2ccccc2[n+]1C. The highest BCUT2D eigenvalue weighted by atomic mass is 16.5. The number of para-hydroxylation sites is 2. The summed E-state index contributed by atoms with van der Waals surface area (Å²) in [5.74, 6) is 1.91. The summed E-state index contributed by atoms with van der Waals surface area (Å²) in [6, 6.07) is 22.4. The van der Waals surface area contributed by atoms with Crippen molar-refractivity contribution in [3.05, 3.63) is 72.6 Å². The summed E-state index contributed by atoms with van der Waals surface area (Å²) in [4.78, 5) is 0. The molecular weight excluding hydrogens is 324 g/mol. The highest BCUT2D eigenvalue weighted by Crippen LogP contribution is 2.25. The van der Waals surface area contributed by atoms with Gasteiger partial charge in [-0.15, -0.1) is 0 Å². The molecule has 1 atom stereocenters. The predicted octanol–water partition coefficient (Wildman–Crippen LogP) is 3.37. The van der Waals surface area contributed by atoms with Crippen molar-refractivity contribution in [3.8, 4) is 5.75 Å². The van der Waals surface area contributed by atoms with Gasteiger partial charge in [0, 0.05) is 12.3 Å². The Kier molecular flexibility index (Phi) is 4.35. The Morgan fingerprint density at radius 1 is 1.00 bits per heavy atom. The Morgan fingerprint density at radius 2 is 1.73 bits per heavy atom. The Balaban J connectivity index is 1.53. The average Bonchev–Trinajstić information content (AvgIpc) is 2.91. The standard InChI is InChI=1S/C22H23N2O2/c1-16-23(2)20-11-5-6-12-21(20)24(16)14-18(25)15-26-22-13-7-9-17-8-3-4-10-19(17)22/h3-13,18,25H,14-15H2,1-2H3/q+1. The fraction of sp³-hybridized carbons (Fsp3) is 0.227. The molecule has 1 N–H and O–H groups in total. The average molecular weight is 347 g/mol. The lowest BCUT2D eigenvalue weighted by molar-refractivity contribution is -0.652. The van der Waals surface area contributed by atoms with Crippen molar-refractivity contribution < 1.29 is 14.4 Å². The molecule has 1 unspecified atom stereocenters. The van der Waals surface area contributed by atoms with Crippen LogP contribution in [0.5, 0.6) is 5.75 Å². The second-order valence-electron chi connectivity index (χ2n) is 6.65. The Hall–Kier alpha value is -2.85. The maximum Gasteiger partial charge on any atom is 0.254 e. The van der Waals surface area contributed by atoms with Crippen molar-refractivity contribution in [1.29, 1.82) is 0 Å². The van der Waals surface area contributed by atoms with Gasteiger partial charge in [0.05, 0.1) is 7.05 Å². The van der Waals surface area contributed by atoms with Gasteiger partial charge in [-0.25, -0.2) is 9.13 Å². The summed E-state index contributed by atoms with van der Waals surface area (Å²) in [5, 5.41) is 12.8. The number of rotatable bonds is 5. The molecule has 26 heavy (non-hydrogen) atoms. The lowest BCUT2D eigenvalue weighted by atomic mass is 10.1. The molecule has 4 aromatic rings. The molecule has 3 aromatic carbocycles. The van der Waals surface area contributed by atoms with E-state index in [0.717, 1.165) is 33.4 Å². The number of aliphatic hydroxyl groups excluding tert-OH is 1. The van der Waals surface area contributed by atoms with Crippen molar-refractivity contribution in [2.45, 2.75) is 19.6 Å². The normalized spacial score (nSPS) is 12.6. The molecule has 1 heterocycles. The summed E-state index contributed by atoms with van der Waals surface area (Å²) >= 11 is 0. The summed E-state index contributed by atoms with van der Waals surface area (Å²) in [6.45, 7) is 2.82. The highest BCUT2D eigenvalue weighted by molar-refractivity contribution is 5.88. The van der Waals surface area contributed by atoms with Crippen molar-refractivity contribution in [2.24, 2.45) is 7.05 Å². The van der Waals surface area contributed by atoms with Gasteiger partial charge in [-0.2, -0.15) is 0 Å². The first kappa shape index (κ1) is 16.6. The number of benzene rings is 3. The number of aromatic nitrogens is 2. The lowest BCUT2D eigenvalue weighted by Crippen LogP contribution is -2.32. The number of nitrogens with zero attached hydrogens (tertiary/aromatic N) is 2. The van der Waals surface area contributed by atoms with Gasteiger partial charge < -0.3 is 9.84 Å². The van der Waals surface area contributed by atoms with E-state index in [1.54, 1.807) is 0 Å². The Labute approximate surface area is 152 Å². The van der Waals surface area contributed by atoms with Crippen molar-refractivity contribution in [1.82, 2.24) is 4.57 Å². The molecule has 4 heteroatoms. The number of aryl methyl sites for hydroxylation is 1. The van der Waals surface area contributed by atoms with Crippen LogP contribution in [0.25, 0.3) is 21.8 Å². The zero-order chi connectivity index (χ0) is 18.1. The summed E-state index contributed by atoms with van der Waals surface area (Å²) in [6.07, 6.45) is -0.594. The number of imidazole rings is 1. The smallest absolute Gasteiger partial charge is 0.254 e. The molecule has 0 bridgehead atoms. The van der Waals surface area contributed by atoms with E-state index in [0.29, 0.717) is 6.54 Å². The van der Waals surface area contributed by atoms with E-state index in [1.165, 1.54) is 0 Å². The van der Waals surface area contributed by atoms with E-state index in [9.17, 15) is 5.11 Å². The molecule has 1 aromatic heterocycles. The van der Waals surface area contributed by atoms with Crippen LogP contribution in [-0.4, -0.2) is 22.4 Å². The second kappa shape index (κ2) is 6.81. The molecule has 4 rings (SSSR count). The van der Waals surface area contributed by atoms with Crippen LogP contribution in [0.4, 0.5) is 0 Å². The van der Waals surface area contributed by atoms with Crippen molar-refractivity contribution in [3.63, 3.8) is 0 Å². The van der Waals surface area contributed by atoms with Crippen molar-refractivity contribution in [2.75, 3.05) is 6.61 Å². The molecular formula is C22H23N2O2+. The third-order valence-corrected chi connectivity index (χ3v) is 4.98. The first-order valence-corrected chi connectivity index (χ1v) is 8.87. The zero-order valence-electron chi connectivity index (χ0n) is 15.1. The summed E-state index contributed by atoms with van der Waals surface area (Å²) in [7, 11) is 2.05. The Bertz CT molecular complexity index is 1060. The van der Waals surface area contributed by atoms with E-state index in [2.05, 4.69) is 40.3 Å². The van der Waals surface area contributed by atoms with E-state index in [4.69, 9.17) is 4.74 Å². The number of hydrogen-bond acceptors (Lipinski definition) is 2. The van der Waals surface area contributed by atoms with Gasteiger partial charge in [-0.05, 0) is 23.6 Å². The molecule has 0 aliphatic heterocycles. The van der Waals surface area contributed by atoms with Gasteiger partial charge in [0.15, 0.2) is 11.0 Å². The van der Waals surface area contributed by atoms with Crippen LogP contribution < -0.4 is 9.30 Å². The molecule has 0 saturated carbocycles. The van der Waals surface area contributed by atoms with Gasteiger partial charge in [0.25, 0.3) is 5.82 Å². The summed E-state index contributed by atoms with van der Waals surface area (Å²) < 4.78 is 10.2. The molecule has 0 fully saturated rings. The topological polar surface area (TPSA) is 38.3 Å². The maximum absolute atomic E-state index is 10.6. The molecule has 0 radical (unpaired) electrons. The minimum Gasteiger partial charge on any atom is -0.490 e. The second-order valence-corrected chi connectivity index (χ2v) is 6.65. The molecule has 0 amide bonds. The van der Waals surface area contributed by atoms with E-state index in [1.807, 2.05) is 49.5 Å². The molecule has 4 nitrogen and oxygen atoms in total. The van der Waals surface area contributed by atoms with Gasteiger partial charge in [0.2, 0.25) is 0 Å². The quantitative estimate of drug-likeness (QED) is 0.562. The molecule has 132 valence electrons. The van der Waals surface area contributed by atoms with E-state index < -0.39 is 6.10 Å². The maximum atomic E-state index is 10.6. The first-order valence-electron chi connectivity index (χ1n) is 8.87. The number of aliphatic hydroxyl groups is 1. The van der Waals surface area contributed by atoms with Crippen LogP contribution in [0.15, 0.2) is 66.7 Å². The monoisotopic (exact) mass is 347 g/mol. The summed E-state index contributed by atoms with van der Waals surface area (Å²) in [5.41, 5.74) is 2.28. The van der Waals surface area contributed by atoms with Crippen LogP contribution in [0.1, 0.15) is 5.82 Å². The fourth-order valence-corrected chi connectivity index (χ4v) is 3.51. The van der Waals surface area contributed by atoms with Gasteiger partial charge >= 0.3 is 0 Å². The van der Waals surface area contributed by atoms with Gasteiger partial charge in [-0.1, -0.05) is 48.5 Å². The van der Waals surface area contributed by atoms with Crippen LogP contribution in [-0.2, 0) is 13.6 Å². The third kappa shape index (κ3) is 2.93. The van der Waals surface area contributed by atoms with Crippen LogP contribution >= 0.6 is 0 Å². The first-order chi connectivity index (χ1) is 12.6. The third-order valence-electron chi connectivity index (χ3n) is 4.98. The zero-order valence-corrected chi connectivity index (χ0v) is 15.1. The lowest BCUT2D eigenvalue weighted by Gasteiger charge is -2.13. The van der Waals surface area contributed by atoms with E-state index >= 15 is 0 Å². The molecule has 0 aliphatic carbocycles. The number of ether oxygens (including phenoxy) is 1. The highest BCUT2D eigenvalue weighted by Gasteiger charge is 2.21. The van der Waals surface area contributed by atoms with E-state index in [-0.39, 0.29) is 6.61 Å². The van der Waals surface area contributed by atoms with Crippen LogP contribution in [0.3, 0.4) is 0 Å². The van der Waals surface area contributed by atoms with Crippen LogP contribution in [0, 0.1) is 6.92 Å².